The van der Waals surface area contributed by atoms with Gasteiger partial charge in [0.1, 0.15) is 0 Å². The fraction of sp³-hybridized carbons (Fsp3) is 0.357. The summed E-state index contributed by atoms with van der Waals surface area (Å²) in [6.45, 7) is 0. The van der Waals surface area contributed by atoms with Gasteiger partial charge in [0, 0.05) is 36.3 Å². The van der Waals surface area contributed by atoms with Crippen molar-refractivity contribution in [2.75, 3.05) is 0 Å². The molecule has 2 aromatic heterocycles. The number of fused-ring (bicyclic) bond motifs is 1. The molecule has 0 aromatic carbocycles. The maximum atomic E-state index is 12.2. The van der Waals surface area contributed by atoms with E-state index in [9.17, 15) is 4.79 Å². The van der Waals surface area contributed by atoms with Crippen molar-refractivity contribution < 1.29 is 4.79 Å². The predicted molar refractivity (Wildman–Crippen MR) is 70.6 cm³/mol. The lowest BCUT2D eigenvalue weighted by Gasteiger charge is -2.23. The molecule has 0 saturated heterocycles. The van der Waals surface area contributed by atoms with E-state index in [1.54, 1.807) is 24.5 Å². The van der Waals surface area contributed by atoms with Crippen molar-refractivity contribution in [3.63, 3.8) is 0 Å². The molecule has 3 rings (SSSR count). The van der Waals surface area contributed by atoms with Crippen molar-refractivity contribution in [1.29, 1.82) is 0 Å². The van der Waals surface area contributed by atoms with E-state index in [0.29, 0.717) is 5.56 Å². The molecular weight excluding hydrogens is 240 g/mol. The summed E-state index contributed by atoms with van der Waals surface area (Å²) in [5.74, 6) is -0.0518. The molecule has 5 heteroatoms. The predicted octanol–water partition coefficient (Wildman–Crippen LogP) is 1.62. The number of hydrogen-bond donors (Lipinski definition) is 1. The zero-order valence-corrected chi connectivity index (χ0v) is 10.8. The highest BCUT2D eigenvalue weighted by Crippen LogP contribution is 2.29. The van der Waals surface area contributed by atoms with Crippen LogP contribution in [0.3, 0.4) is 0 Å². The van der Waals surface area contributed by atoms with Crippen molar-refractivity contribution in [2.24, 2.45) is 7.05 Å². The lowest BCUT2D eigenvalue weighted by Crippen LogP contribution is -2.30. The zero-order chi connectivity index (χ0) is 13.2. The number of rotatable bonds is 2. The SMILES string of the molecule is Cn1ncc2c1CCCC2NC(=O)c1ccncc1. The first-order valence-electron chi connectivity index (χ1n) is 6.47. The lowest BCUT2D eigenvalue weighted by atomic mass is 9.93. The number of nitrogens with one attached hydrogen (secondary N) is 1. The number of carbonyl (C=O) groups is 1. The van der Waals surface area contributed by atoms with Crippen LogP contribution >= 0.6 is 0 Å². The summed E-state index contributed by atoms with van der Waals surface area (Å²) in [5, 5.41) is 7.37. The van der Waals surface area contributed by atoms with E-state index in [1.807, 2.05) is 17.9 Å². The molecule has 1 aliphatic rings. The van der Waals surface area contributed by atoms with E-state index in [0.717, 1.165) is 24.8 Å². The van der Waals surface area contributed by atoms with Crippen molar-refractivity contribution >= 4 is 5.91 Å². The van der Waals surface area contributed by atoms with Gasteiger partial charge in [0.15, 0.2) is 0 Å². The Balaban J connectivity index is 1.80. The fourth-order valence-electron chi connectivity index (χ4n) is 2.60. The Hall–Kier alpha value is -2.17. The average Bonchev–Trinajstić information content (AvgIpc) is 2.83. The maximum absolute atomic E-state index is 12.2. The first-order chi connectivity index (χ1) is 9.25. The van der Waals surface area contributed by atoms with Crippen LogP contribution in [0, 0.1) is 0 Å². The van der Waals surface area contributed by atoms with Gasteiger partial charge in [0.2, 0.25) is 0 Å². The van der Waals surface area contributed by atoms with Crippen LogP contribution in [0.25, 0.3) is 0 Å². The Morgan fingerprint density at radius 3 is 3.00 bits per heavy atom. The van der Waals surface area contributed by atoms with E-state index in [1.165, 1.54) is 5.69 Å². The minimum absolute atomic E-state index is 0.0518. The number of pyridine rings is 1. The minimum Gasteiger partial charge on any atom is -0.345 e. The molecule has 1 amide bonds. The number of hydrogen-bond acceptors (Lipinski definition) is 3. The number of aromatic nitrogens is 3. The third kappa shape index (κ3) is 2.23. The van der Waals surface area contributed by atoms with Gasteiger partial charge in [0.25, 0.3) is 5.91 Å². The van der Waals surface area contributed by atoms with E-state index < -0.39 is 0 Å². The third-order valence-electron chi connectivity index (χ3n) is 3.62. The van der Waals surface area contributed by atoms with E-state index in [2.05, 4.69) is 15.4 Å². The molecule has 0 fully saturated rings. The molecule has 2 heterocycles. The Morgan fingerprint density at radius 1 is 1.42 bits per heavy atom. The van der Waals surface area contributed by atoms with Gasteiger partial charge in [-0.2, -0.15) is 5.10 Å². The zero-order valence-electron chi connectivity index (χ0n) is 10.8. The summed E-state index contributed by atoms with van der Waals surface area (Å²) >= 11 is 0. The summed E-state index contributed by atoms with van der Waals surface area (Å²) < 4.78 is 1.90. The van der Waals surface area contributed by atoms with Gasteiger partial charge >= 0.3 is 0 Å². The van der Waals surface area contributed by atoms with Crippen molar-refractivity contribution in [3.05, 3.63) is 47.5 Å². The summed E-state index contributed by atoms with van der Waals surface area (Å²) in [6.07, 6.45) is 8.21. The van der Waals surface area contributed by atoms with E-state index >= 15 is 0 Å². The Morgan fingerprint density at radius 2 is 2.21 bits per heavy atom. The van der Waals surface area contributed by atoms with Gasteiger partial charge < -0.3 is 5.32 Å². The monoisotopic (exact) mass is 256 g/mol. The first kappa shape index (κ1) is 11.9. The number of nitrogens with zero attached hydrogens (tertiary/aromatic N) is 3. The minimum atomic E-state index is -0.0518. The molecular formula is C14H16N4O. The molecule has 0 radical (unpaired) electrons. The molecule has 2 aromatic rings. The van der Waals surface area contributed by atoms with Crippen LogP contribution in [0.5, 0.6) is 0 Å². The lowest BCUT2D eigenvalue weighted by molar-refractivity contribution is 0.0932. The third-order valence-corrected chi connectivity index (χ3v) is 3.62. The normalized spacial score (nSPS) is 17.8. The average molecular weight is 256 g/mol. The van der Waals surface area contributed by atoms with Crippen molar-refractivity contribution in [1.82, 2.24) is 20.1 Å². The molecule has 0 bridgehead atoms. The van der Waals surface area contributed by atoms with Crippen LogP contribution in [-0.4, -0.2) is 20.7 Å². The second-order valence-corrected chi connectivity index (χ2v) is 4.82. The Kier molecular flexibility index (Phi) is 3.03. The second kappa shape index (κ2) is 4.84. The molecule has 0 saturated carbocycles. The van der Waals surface area contributed by atoms with Crippen molar-refractivity contribution in [3.8, 4) is 0 Å². The summed E-state index contributed by atoms with van der Waals surface area (Å²) in [5.41, 5.74) is 3.02. The smallest absolute Gasteiger partial charge is 0.251 e. The van der Waals surface area contributed by atoms with E-state index in [-0.39, 0.29) is 11.9 Å². The quantitative estimate of drug-likeness (QED) is 0.888. The number of carbonyl (C=O) groups excluding carboxylic acids is 1. The summed E-state index contributed by atoms with van der Waals surface area (Å²) in [4.78, 5) is 16.1. The molecule has 0 spiro atoms. The summed E-state index contributed by atoms with van der Waals surface area (Å²) in [7, 11) is 1.95. The maximum Gasteiger partial charge on any atom is 0.251 e. The van der Waals surface area contributed by atoms with Crippen LogP contribution in [-0.2, 0) is 13.5 Å². The van der Waals surface area contributed by atoms with Gasteiger partial charge in [-0.15, -0.1) is 0 Å². The fourth-order valence-corrected chi connectivity index (χ4v) is 2.60. The van der Waals surface area contributed by atoms with Crippen LogP contribution < -0.4 is 5.32 Å². The van der Waals surface area contributed by atoms with Gasteiger partial charge in [-0.05, 0) is 31.4 Å². The van der Waals surface area contributed by atoms with Gasteiger partial charge in [-0.25, -0.2) is 0 Å². The molecule has 0 aliphatic heterocycles. The van der Waals surface area contributed by atoms with Crippen LogP contribution in [0.2, 0.25) is 0 Å². The Bertz CT molecular complexity index is 591. The molecule has 98 valence electrons. The van der Waals surface area contributed by atoms with Crippen LogP contribution in [0.15, 0.2) is 30.7 Å². The summed E-state index contributed by atoms with van der Waals surface area (Å²) in [6, 6.07) is 3.52. The first-order valence-corrected chi connectivity index (χ1v) is 6.47. The van der Waals surface area contributed by atoms with Crippen molar-refractivity contribution in [2.45, 2.75) is 25.3 Å². The highest BCUT2D eigenvalue weighted by molar-refractivity contribution is 5.94. The molecule has 1 unspecified atom stereocenters. The largest absolute Gasteiger partial charge is 0.345 e. The van der Waals surface area contributed by atoms with Gasteiger partial charge in [-0.3, -0.25) is 14.5 Å². The second-order valence-electron chi connectivity index (χ2n) is 4.82. The number of aryl methyl sites for hydroxylation is 1. The molecule has 5 nitrogen and oxygen atoms in total. The van der Waals surface area contributed by atoms with Crippen LogP contribution in [0.4, 0.5) is 0 Å². The highest BCUT2D eigenvalue weighted by atomic mass is 16.1. The standard InChI is InChI=1S/C14H16N4O/c1-18-13-4-2-3-12(11(13)9-16-18)17-14(19)10-5-7-15-8-6-10/h5-9,12H,2-4H2,1H3,(H,17,19). The highest BCUT2D eigenvalue weighted by Gasteiger charge is 2.24. The Labute approximate surface area is 111 Å². The molecule has 1 atom stereocenters. The topological polar surface area (TPSA) is 59.8 Å². The molecule has 1 N–H and O–H groups in total. The molecule has 19 heavy (non-hydrogen) atoms. The molecule has 1 aliphatic carbocycles. The van der Waals surface area contributed by atoms with Crippen LogP contribution in [0.1, 0.15) is 40.5 Å². The van der Waals surface area contributed by atoms with Gasteiger partial charge in [0.05, 0.1) is 12.2 Å². The number of amides is 1. The van der Waals surface area contributed by atoms with E-state index in [4.69, 9.17) is 0 Å². The van der Waals surface area contributed by atoms with Gasteiger partial charge in [-0.1, -0.05) is 0 Å².